The van der Waals surface area contributed by atoms with Crippen molar-refractivity contribution >= 4 is 5.69 Å². The maximum atomic E-state index is 10.2. The zero-order valence-electron chi connectivity index (χ0n) is 12.9. The molecule has 0 spiro atoms. The van der Waals surface area contributed by atoms with E-state index in [2.05, 4.69) is 51.0 Å². The molecule has 0 bridgehead atoms. The lowest BCUT2D eigenvalue weighted by Gasteiger charge is -2.24. The fourth-order valence-electron chi connectivity index (χ4n) is 2.25. The summed E-state index contributed by atoms with van der Waals surface area (Å²) in [4.78, 5) is 2.20. The first kappa shape index (κ1) is 15.8. The maximum absolute atomic E-state index is 10.2. The summed E-state index contributed by atoms with van der Waals surface area (Å²) in [7, 11) is 2.08. The van der Waals surface area contributed by atoms with E-state index in [0.717, 1.165) is 24.3 Å². The third-order valence-electron chi connectivity index (χ3n) is 3.71. The topological polar surface area (TPSA) is 35.5 Å². The fraction of sp³-hybridized carbons (Fsp3) is 0.625. The molecule has 3 heteroatoms. The summed E-state index contributed by atoms with van der Waals surface area (Å²) in [5.74, 6) is 1.04. The van der Waals surface area contributed by atoms with Gasteiger partial charge in [-0.2, -0.15) is 0 Å². The van der Waals surface area contributed by atoms with Crippen molar-refractivity contribution in [3.8, 4) is 5.75 Å². The number of aromatic hydroxyl groups is 1. The average molecular weight is 264 g/mol. The summed E-state index contributed by atoms with van der Waals surface area (Å²) in [5.41, 5.74) is 2.03. The molecule has 0 radical (unpaired) electrons. The van der Waals surface area contributed by atoms with Crippen LogP contribution in [0.1, 0.15) is 45.7 Å². The van der Waals surface area contributed by atoms with E-state index in [4.69, 9.17) is 0 Å². The lowest BCUT2D eigenvalue weighted by atomic mass is 10.1. The molecule has 0 saturated heterocycles. The first-order chi connectivity index (χ1) is 8.99. The van der Waals surface area contributed by atoms with Gasteiger partial charge in [-0.05, 0) is 25.5 Å². The Hall–Kier alpha value is -1.22. The SMILES string of the molecule is CCNC(C)c1ccc(N(C)CC(C)CC)cc1O. The van der Waals surface area contributed by atoms with Gasteiger partial charge in [0, 0.05) is 37.0 Å². The minimum Gasteiger partial charge on any atom is -0.508 e. The predicted molar refractivity (Wildman–Crippen MR) is 82.9 cm³/mol. The quantitative estimate of drug-likeness (QED) is 0.790. The standard InChI is InChI=1S/C16H28N2O/c1-6-12(3)11-18(5)14-8-9-15(16(19)10-14)13(4)17-7-2/h8-10,12-13,17,19H,6-7,11H2,1-5H3. The highest BCUT2D eigenvalue weighted by molar-refractivity contribution is 5.53. The van der Waals surface area contributed by atoms with Crippen molar-refractivity contribution in [3.05, 3.63) is 23.8 Å². The Morgan fingerprint density at radius 2 is 1.95 bits per heavy atom. The van der Waals surface area contributed by atoms with Crippen LogP contribution in [-0.2, 0) is 0 Å². The molecule has 3 nitrogen and oxygen atoms in total. The highest BCUT2D eigenvalue weighted by Crippen LogP contribution is 2.29. The average Bonchev–Trinajstić information content (AvgIpc) is 2.38. The highest BCUT2D eigenvalue weighted by Gasteiger charge is 2.12. The van der Waals surface area contributed by atoms with Gasteiger partial charge in [0.25, 0.3) is 0 Å². The van der Waals surface area contributed by atoms with E-state index in [1.165, 1.54) is 6.42 Å². The number of hydrogen-bond donors (Lipinski definition) is 2. The predicted octanol–water partition coefficient (Wildman–Crippen LogP) is 3.55. The van der Waals surface area contributed by atoms with Crippen LogP contribution in [0, 0.1) is 5.92 Å². The van der Waals surface area contributed by atoms with Gasteiger partial charge >= 0.3 is 0 Å². The zero-order chi connectivity index (χ0) is 14.4. The van der Waals surface area contributed by atoms with Gasteiger partial charge in [-0.15, -0.1) is 0 Å². The highest BCUT2D eigenvalue weighted by atomic mass is 16.3. The molecule has 0 saturated carbocycles. The number of phenols is 1. The van der Waals surface area contributed by atoms with Crippen molar-refractivity contribution in [1.29, 1.82) is 0 Å². The molecule has 0 fully saturated rings. The van der Waals surface area contributed by atoms with Crippen LogP contribution in [0.4, 0.5) is 5.69 Å². The fourth-order valence-corrected chi connectivity index (χ4v) is 2.25. The molecule has 2 N–H and O–H groups in total. The number of nitrogens with zero attached hydrogens (tertiary/aromatic N) is 1. The van der Waals surface area contributed by atoms with Crippen LogP contribution < -0.4 is 10.2 Å². The third-order valence-corrected chi connectivity index (χ3v) is 3.71. The summed E-state index contributed by atoms with van der Waals surface area (Å²) in [5, 5.41) is 13.5. The van der Waals surface area contributed by atoms with Crippen LogP contribution in [-0.4, -0.2) is 25.2 Å². The lowest BCUT2D eigenvalue weighted by Crippen LogP contribution is -2.23. The number of anilines is 1. The molecule has 2 atom stereocenters. The van der Waals surface area contributed by atoms with Crippen LogP contribution in [0.15, 0.2) is 18.2 Å². The number of rotatable bonds is 7. The Kier molecular flexibility index (Phi) is 6.16. The maximum Gasteiger partial charge on any atom is 0.122 e. The first-order valence-electron chi connectivity index (χ1n) is 7.27. The molecule has 0 heterocycles. The van der Waals surface area contributed by atoms with Crippen molar-refractivity contribution in [2.45, 2.75) is 40.2 Å². The molecule has 1 rings (SSSR count). The molecule has 0 aliphatic rings. The van der Waals surface area contributed by atoms with Crippen molar-refractivity contribution in [2.24, 2.45) is 5.92 Å². The van der Waals surface area contributed by atoms with Crippen LogP contribution in [0.25, 0.3) is 0 Å². The largest absolute Gasteiger partial charge is 0.508 e. The minimum absolute atomic E-state index is 0.180. The second-order valence-electron chi connectivity index (χ2n) is 5.42. The summed E-state index contributed by atoms with van der Waals surface area (Å²) in [6, 6.07) is 6.15. The molecular formula is C16H28N2O. The Bertz CT molecular complexity index is 392. The number of phenolic OH excluding ortho intramolecular Hbond substituents is 1. The minimum atomic E-state index is 0.180. The monoisotopic (exact) mass is 264 g/mol. The summed E-state index contributed by atoms with van der Waals surface area (Å²) in [6.07, 6.45) is 1.17. The van der Waals surface area contributed by atoms with Crippen LogP contribution in [0.2, 0.25) is 0 Å². The Labute approximate surface area is 117 Å². The van der Waals surface area contributed by atoms with Gasteiger partial charge in [-0.25, -0.2) is 0 Å². The number of benzene rings is 1. The number of nitrogens with one attached hydrogen (secondary N) is 1. The molecule has 0 aliphatic carbocycles. The second kappa shape index (κ2) is 7.39. The van der Waals surface area contributed by atoms with Crippen molar-refractivity contribution in [1.82, 2.24) is 5.32 Å². The van der Waals surface area contributed by atoms with E-state index in [-0.39, 0.29) is 6.04 Å². The molecule has 0 aromatic heterocycles. The molecular weight excluding hydrogens is 236 g/mol. The summed E-state index contributed by atoms with van der Waals surface area (Å²) < 4.78 is 0. The van der Waals surface area contributed by atoms with Crippen molar-refractivity contribution in [3.63, 3.8) is 0 Å². The Morgan fingerprint density at radius 3 is 2.47 bits per heavy atom. The molecule has 19 heavy (non-hydrogen) atoms. The Balaban J connectivity index is 2.81. The lowest BCUT2D eigenvalue weighted by molar-refractivity contribution is 0.454. The molecule has 1 aromatic carbocycles. The third kappa shape index (κ3) is 4.43. The van der Waals surface area contributed by atoms with E-state index in [9.17, 15) is 5.11 Å². The second-order valence-corrected chi connectivity index (χ2v) is 5.42. The zero-order valence-corrected chi connectivity index (χ0v) is 12.9. The van der Waals surface area contributed by atoms with Gasteiger partial charge in [0.1, 0.15) is 5.75 Å². The first-order valence-corrected chi connectivity index (χ1v) is 7.27. The van der Waals surface area contributed by atoms with E-state index in [1.54, 1.807) is 0 Å². The van der Waals surface area contributed by atoms with E-state index in [1.807, 2.05) is 12.1 Å². The van der Waals surface area contributed by atoms with Gasteiger partial charge in [-0.3, -0.25) is 0 Å². The van der Waals surface area contributed by atoms with Gasteiger partial charge in [0.15, 0.2) is 0 Å². The van der Waals surface area contributed by atoms with Gasteiger partial charge in [0.05, 0.1) is 0 Å². The van der Waals surface area contributed by atoms with Crippen LogP contribution >= 0.6 is 0 Å². The van der Waals surface area contributed by atoms with Gasteiger partial charge < -0.3 is 15.3 Å². The summed E-state index contributed by atoms with van der Waals surface area (Å²) in [6.45, 7) is 10.5. The molecule has 0 aliphatic heterocycles. The van der Waals surface area contributed by atoms with E-state index < -0.39 is 0 Å². The normalized spacial score (nSPS) is 14.2. The van der Waals surface area contributed by atoms with Gasteiger partial charge in [0.2, 0.25) is 0 Å². The van der Waals surface area contributed by atoms with E-state index >= 15 is 0 Å². The molecule has 1 aromatic rings. The Morgan fingerprint density at radius 1 is 1.26 bits per heavy atom. The molecule has 0 amide bonds. The molecule has 2 unspecified atom stereocenters. The molecule has 108 valence electrons. The van der Waals surface area contributed by atoms with Crippen molar-refractivity contribution < 1.29 is 5.11 Å². The smallest absolute Gasteiger partial charge is 0.122 e. The summed E-state index contributed by atoms with van der Waals surface area (Å²) >= 11 is 0. The number of hydrogen-bond acceptors (Lipinski definition) is 3. The van der Waals surface area contributed by atoms with Gasteiger partial charge in [-0.1, -0.05) is 33.3 Å². The van der Waals surface area contributed by atoms with E-state index in [0.29, 0.717) is 11.7 Å². The van der Waals surface area contributed by atoms with Crippen LogP contribution in [0.3, 0.4) is 0 Å². The van der Waals surface area contributed by atoms with Crippen LogP contribution in [0.5, 0.6) is 5.75 Å². The van der Waals surface area contributed by atoms with Crippen molar-refractivity contribution in [2.75, 3.05) is 25.0 Å².